The highest BCUT2D eigenvalue weighted by molar-refractivity contribution is 5.43. The molecule has 0 radical (unpaired) electrons. The Labute approximate surface area is 125 Å². The monoisotopic (exact) mass is 280 g/mol. The topological polar surface area (TPSA) is 45.8 Å². The summed E-state index contributed by atoms with van der Waals surface area (Å²) >= 11 is 0. The first kappa shape index (κ1) is 15.1. The normalized spacial score (nSPS) is 12.0. The van der Waals surface area contributed by atoms with E-state index in [1.165, 1.54) is 5.56 Å². The van der Waals surface area contributed by atoms with Crippen LogP contribution in [0.2, 0.25) is 0 Å². The average molecular weight is 280 g/mol. The first-order valence-corrected chi connectivity index (χ1v) is 7.23. The lowest BCUT2D eigenvalue weighted by atomic mass is 9.98. The van der Waals surface area contributed by atoms with E-state index in [1.54, 1.807) is 11.5 Å². The van der Waals surface area contributed by atoms with Crippen LogP contribution in [0.5, 0.6) is 0 Å². The van der Waals surface area contributed by atoms with Crippen molar-refractivity contribution >= 4 is 0 Å². The van der Waals surface area contributed by atoms with Crippen molar-refractivity contribution in [3.05, 3.63) is 63.1 Å². The van der Waals surface area contributed by atoms with Crippen LogP contribution in [-0.2, 0) is 0 Å². The van der Waals surface area contributed by atoms with E-state index in [0.29, 0.717) is 5.92 Å². The van der Waals surface area contributed by atoms with Gasteiger partial charge in [-0.25, -0.2) is 0 Å². The molecule has 2 aromatic rings. The van der Waals surface area contributed by atoms with Crippen molar-refractivity contribution in [2.75, 3.05) is 0 Å². The molecule has 1 aromatic carbocycles. The molecule has 21 heavy (non-hydrogen) atoms. The quantitative estimate of drug-likeness (QED) is 0.857. The lowest BCUT2D eigenvalue weighted by Gasteiger charge is -2.14. The van der Waals surface area contributed by atoms with Crippen molar-refractivity contribution in [1.29, 1.82) is 5.26 Å². The molecule has 0 amide bonds. The highest BCUT2D eigenvalue weighted by Crippen LogP contribution is 2.20. The third kappa shape index (κ3) is 2.75. The van der Waals surface area contributed by atoms with Crippen LogP contribution in [0.25, 0.3) is 5.69 Å². The zero-order valence-corrected chi connectivity index (χ0v) is 13.0. The summed E-state index contributed by atoms with van der Waals surface area (Å²) in [5.74, 6) is 0.504. The van der Waals surface area contributed by atoms with E-state index in [2.05, 4.69) is 26.0 Å². The molecule has 1 unspecified atom stereocenters. The zero-order chi connectivity index (χ0) is 15.6. The summed E-state index contributed by atoms with van der Waals surface area (Å²) in [7, 11) is 0. The van der Waals surface area contributed by atoms with Crippen LogP contribution in [-0.4, -0.2) is 4.57 Å². The molecule has 2 rings (SSSR count). The number of rotatable bonds is 3. The van der Waals surface area contributed by atoms with Gasteiger partial charge in [-0.15, -0.1) is 0 Å². The first-order valence-electron chi connectivity index (χ1n) is 7.23. The number of pyridine rings is 1. The fraction of sp³-hybridized carbons (Fsp3) is 0.333. The van der Waals surface area contributed by atoms with Gasteiger partial charge in [0.05, 0.1) is 0 Å². The Balaban J connectivity index is 2.58. The molecule has 0 saturated carbocycles. The summed E-state index contributed by atoms with van der Waals surface area (Å²) in [6.07, 6.45) is 1.08. The number of nitriles is 1. The molecule has 1 atom stereocenters. The Hall–Kier alpha value is -2.34. The number of aryl methyl sites for hydroxylation is 2. The molecule has 0 fully saturated rings. The molecule has 3 nitrogen and oxygen atoms in total. The minimum atomic E-state index is -0.244. The van der Waals surface area contributed by atoms with Crippen LogP contribution in [0.1, 0.15) is 48.6 Å². The lowest BCUT2D eigenvalue weighted by Crippen LogP contribution is -2.24. The van der Waals surface area contributed by atoms with Gasteiger partial charge in [0.15, 0.2) is 0 Å². The summed E-state index contributed by atoms with van der Waals surface area (Å²) in [6, 6.07) is 11.9. The molecule has 0 spiro atoms. The smallest absolute Gasteiger partial charge is 0.273 e. The Morgan fingerprint density at radius 2 is 1.86 bits per heavy atom. The predicted octanol–water partition coefficient (Wildman–Crippen LogP) is 3.84. The van der Waals surface area contributed by atoms with E-state index >= 15 is 0 Å². The summed E-state index contributed by atoms with van der Waals surface area (Å²) in [4.78, 5) is 12.5. The number of nitrogens with zero attached hydrogens (tertiary/aromatic N) is 2. The molecule has 0 saturated heterocycles. The van der Waals surface area contributed by atoms with E-state index in [9.17, 15) is 4.79 Å². The van der Waals surface area contributed by atoms with E-state index in [-0.39, 0.29) is 11.1 Å². The van der Waals surface area contributed by atoms with E-state index in [0.717, 1.165) is 23.4 Å². The molecular weight excluding hydrogens is 260 g/mol. The maximum absolute atomic E-state index is 12.5. The van der Waals surface area contributed by atoms with Gasteiger partial charge in [0.2, 0.25) is 0 Å². The van der Waals surface area contributed by atoms with Gasteiger partial charge in [0, 0.05) is 11.4 Å². The number of aromatic nitrogens is 1. The number of hydrogen-bond donors (Lipinski definition) is 0. The fourth-order valence-corrected chi connectivity index (χ4v) is 2.54. The van der Waals surface area contributed by atoms with Crippen molar-refractivity contribution < 1.29 is 0 Å². The predicted molar refractivity (Wildman–Crippen MR) is 84.9 cm³/mol. The van der Waals surface area contributed by atoms with E-state index in [4.69, 9.17) is 5.26 Å². The van der Waals surface area contributed by atoms with Crippen LogP contribution in [0.4, 0.5) is 0 Å². The van der Waals surface area contributed by atoms with Gasteiger partial charge in [-0.2, -0.15) is 5.26 Å². The minimum Gasteiger partial charge on any atom is -0.280 e. The minimum absolute atomic E-state index is 0.214. The van der Waals surface area contributed by atoms with Gasteiger partial charge < -0.3 is 0 Å². The molecule has 0 aliphatic heterocycles. The Morgan fingerprint density at radius 3 is 2.38 bits per heavy atom. The summed E-state index contributed by atoms with van der Waals surface area (Å²) in [6.45, 7) is 8.03. The highest BCUT2D eigenvalue weighted by Gasteiger charge is 2.12. The second-order valence-corrected chi connectivity index (χ2v) is 5.50. The number of hydrogen-bond acceptors (Lipinski definition) is 2. The lowest BCUT2D eigenvalue weighted by molar-refractivity contribution is 0.733. The molecule has 0 aliphatic rings. The zero-order valence-electron chi connectivity index (χ0n) is 13.0. The van der Waals surface area contributed by atoms with Crippen molar-refractivity contribution in [2.24, 2.45) is 0 Å². The Bertz CT molecular complexity index is 749. The maximum Gasteiger partial charge on any atom is 0.273 e. The van der Waals surface area contributed by atoms with Gasteiger partial charge in [0.1, 0.15) is 11.6 Å². The SMILES string of the molecule is CCC(C)c1ccc(-n2c(C)cc(C)c(C#N)c2=O)cc1. The number of benzene rings is 1. The van der Waals surface area contributed by atoms with Crippen LogP contribution in [0, 0.1) is 25.2 Å². The summed E-state index contributed by atoms with van der Waals surface area (Å²) in [5.41, 5.74) is 3.61. The highest BCUT2D eigenvalue weighted by atomic mass is 16.1. The second-order valence-electron chi connectivity index (χ2n) is 5.50. The van der Waals surface area contributed by atoms with Crippen molar-refractivity contribution in [2.45, 2.75) is 40.0 Å². The van der Waals surface area contributed by atoms with E-state index in [1.807, 2.05) is 31.2 Å². The van der Waals surface area contributed by atoms with Gasteiger partial charge in [-0.1, -0.05) is 26.0 Å². The van der Waals surface area contributed by atoms with Crippen LogP contribution < -0.4 is 5.56 Å². The van der Waals surface area contributed by atoms with Gasteiger partial charge >= 0.3 is 0 Å². The standard InChI is InChI=1S/C18H20N2O/c1-5-12(2)15-6-8-16(9-7-15)20-14(4)10-13(3)17(11-19)18(20)21/h6-10,12H,5H2,1-4H3. The molecule has 1 heterocycles. The molecule has 0 aliphatic carbocycles. The molecule has 0 bridgehead atoms. The third-order valence-corrected chi connectivity index (χ3v) is 4.03. The third-order valence-electron chi connectivity index (χ3n) is 4.03. The van der Waals surface area contributed by atoms with Crippen molar-refractivity contribution in [1.82, 2.24) is 4.57 Å². The van der Waals surface area contributed by atoms with Crippen LogP contribution in [0.3, 0.4) is 0 Å². The molecule has 108 valence electrons. The second kappa shape index (κ2) is 5.97. The van der Waals surface area contributed by atoms with E-state index < -0.39 is 0 Å². The maximum atomic E-state index is 12.5. The molecule has 0 N–H and O–H groups in total. The largest absolute Gasteiger partial charge is 0.280 e. The van der Waals surface area contributed by atoms with Crippen LogP contribution in [0.15, 0.2) is 35.1 Å². The first-order chi connectivity index (χ1) is 9.99. The summed E-state index contributed by atoms with van der Waals surface area (Å²) in [5, 5.41) is 9.15. The Kier molecular flexibility index (Phi) is 4.28. The van der Waals surface area contributed by atoms with Crippen LogP contribution >= 0.6 is 0 Å². The summed E-state index contributed by atoms with van der Waals surface area (Å²) < 4.78 is 1.60. The molecule has 1 aromatic heterocycles. The molecular formula is C18H20N2O. The van der Waals surface area contributed by atoms with Gasteiger partial charge in [0.25, 0.3) is 5.56 Å². The van der Waals surface area contributed by atoms with Gasteiger partial charge in [-0.05, 0) is 55.5 Å². The van der Waals surface area contributed by atoms with Crippen molar-refractivity contribution in [3.63, 3.8) is 0 Å². The van der Waals surface area contributed by atoms with Crippen molar-refractivity contribution in [3.8, 4) is 11.8 Å². The molecule has 3 heteroatoms. The fourth-order valence-electron chi connectivity index (χ4n) is 2.54. The van der Waals surface area contributed by atoms with Gasteiger partial charge in [-0.3, -0.25) is 9.36 Å². The average Bonchev–Trinajstić information content (AvgIpc) is 2.47. The Morgan fingerprint density at radius 1 is 1.24 bits per heavy atom.